The number of urea groups is 1. The van der Waals surface area contributed by atoms with Crippen molar-refractivity contribution in [2.24, 2.45) is 0 Å². The molecule has 0 atom stereocenters. The number of amides is 2. The van der Waals surface area contributed by atoms with Crippen LogP contribution in [0.15, 0.2) is 18.5 Å². The van der Waals surface area contributed by atoms with Crippen LogP contribution < -0.4 is 16.0 Å². The van der Waals surface area contributed by atoms with E-state index in [1.54, 1.807) is 6.20 Å². The van der Waals surface area contributed by atoms with Gasteiger partial charge in [0.25, 0.3) is 0 Å². The van der Waals surface area contributed by atoms with Gasteiger partial charge in [-0.1, -0.05) is 19.6 Å². The number of hydrogen-bond acceptors (Lipinski definition) is 5. The molecule has 1 aliphatic rings. The Morgan fingerprint density at radius 3 is 2.72 bits per heavy atom. The summed E-state index contributed by atoms with van der Waals surface area (Å²) in [5.74, 6) is 0.450. The lowest BCUT2D eigenvalue weighted by Gasteiger charge is -2.23. The fourth-order valence-corrected chi connectivity index (χ4v) is 3.73. The molecule has 2 aromatic heterocycles. The molecular formula is C18H32Cl2N6O2Si. The lowest BCUT2D eigenvalue weighted by molar-refractivity contribution is 0.0899. The number of nitrogens with zero attached hydrogens (tertiary/aromatic N) is 3. The maximum Gasteiger partial charge on any atom is 0.320 e. The maximum absolute atomic E-state index is 12.1. The van der Waals surface area contributed by atoms with Crippen LogP contribution >= 0.6 is 24.8 Å². The highest BCUT2D eigenvalue weighted by Gasteiger charge is 2.16. The van der Waals surface area contributed by atoms with E-state index in [1.165, 1.54) is 0 Å². The van der Waals surface area contributed by atoms with Crippen molar-refractivity contribution in [1.29, 1.82) is 0 Å². The number of carbonyl (C=O) groups excluding carboxylic acids is 1. The van der Waals surface area contributed by atoms with E-state index in [0.29, 0.717) is 12.5 Å². The van der Waals surface area contributed by atoms with Gasteiger partial charge in [-0.05, 0) is 38.0 Å². The number of rotatable bonds is 7. The first-order valence-corrected chi connectivity index (χ1v) is 13.3. The second-order valence-corrected chi connectivity index (χ2v) is 13.8. The van der Waals surface area contributed by atoms with Crippen LogP contribution in [0.3, 0.4) is 0 Å². The predicted molar refractivity (Wildman–Crippen MR) is 124 cm³/mol. The summed E-state index contributed by atoms with van der Waals surface area (Å²) in [6.07, 6.45) is 5.39. The van der Waals surface area contributed by atoms with Gasteiger partial charge in [0.05, 0.1) is 6.20 Å². The second kappa shape index (κ2) is 11.7. The molecule has 1 saturated heterocycles. The number of halogens is 2. The molecule has 2 aromatic rings. The molecule has 1 aliphatic heterocycles. The molecule has 0 radical (unpaired) electrons. The van der Waals surface area contributed by atoms with Gasteiger partial charge in [-0.2, -0.15) is 0 Å². The minimum atomic E-state index is -1.08. The molecule has 3 N–H and O–H groups in total. The van der Waals surface area contributed by atoms with Crippen molar-refractivity contribution >= 4 is 55.9 Å². The molecule has 1 fully saturated rings. The number of ether oxygens (including phenoxy) is 1. The molecule has 8 nitrogen and oxygen atoms in total. The van der Waals surface area contributed by atoms with Crippen molar-refractivity contribution in [3.8, 4) is 0 Å². The molecule has 3 rings (SSSR count). The number of carbonyl (C=O) groups is 1. The Morgan fingerprint density at radius 2 is 2.03 bits per heavy atom. The van der Waals surface area contributed by atoms with Crippen LogP contribution in [0.5, 0.6) is 0 Å². The van der Waals surface area contributed by atoms with E-state index < -0.39 is 8.07 Å². The average molecular weight is 463 g/mol. The van der Waals surface area contributed by atoms with Gasteiger partial charge in [0.2, 0.25) is 0 Å². The lowest BCUT2D eigenvalue weighted by Crippen LogP contribution is -2.44. The third kappa shape index (κ3) is 8.10. The Morgan fingerprint density at radius 1 is 1.31 bits per heavy atom. The van der Waals surface area contributed by atoms with E-state index in [1.807, 2.05) is 16.8 Å². The molecule has 0 aliphatic carbocycles. The van der Waals surface area contributed by atoms with E-state index in [2.05, 4.69) is 45.6 Å². The van der Waals surface area contributed by atoms with E-state index in [0.717, 1.165) is 49.7 Å². The standard InChI is InChI=1S/C18H30N6O2Si.2ClH/c1-27(2,3)11-10-26-13-24-9-6-15-17(24)20-12-16(22-15)23-18(25)21-14-4-7-19-8-5-14;;/h6,9,12,14,19H,4-5,7-8,10-11,13H2,1-3H3,(H2,21,22,23,25);2*1H. The maximum atomic E-state index is 12.1. The highest BCUT2D eigenvalue weighted by Crippen LogP contribution is 2.15. The molecule has 0 bridgehead atoms. The van der Waals surface area contributed by atoms with Gasteiger partial charge in [-0.25, -0.2) is 14.8 Å². The summed E-state index contributed by atoms with van der Waals surface area (Å²) in [5.41, 5.74) is 1.50. The molecule has 3 heterocycles. The van der Waals surface area contributed by atoms with Crippen LogP contribution in [-0.4, -0.2) is 54.4 Å². The zero-order valence-corrected chi connectivity index (χ0v) is 19.9. The highest BCUT2D eigenvalue weighted by atomic mass is 35.5. The zero-order chi connectivity index (χ0) is 19.3. The smallest absolute Gasteiger partial charge is 0.320 e. The second-order valence-electron chi connectivity index (χ2n) is 8.22. The summed E-state index contributed by atoms with van der Waals surface area (Å²) in [6.45, 7) is 10.1. The quantitative estimate of drug-likeness (QED) is 0.432. The summed E-state index contributed by atoms with van der Waals surface area (Å²) in [4.78, 5) is 21.1. The summed E-state index contributed by atoms with van der Waals surface area (Å²) in [6, 6.07) is 3.00. The minimum Gasteiger partial charge on any atom is -0.361 e. The highest BCUT2D eigenvalue weighted by molar-refractivity contribution is 6.76. The Hall–Kier alpha value is -1.39. The lowest BCUT2D eigenvalue weighted by atomic mass is 10.1. The number of piperidine rings is 1. The third-order valence-corrected chi connectivity index (χ3v) is 6.31. The largest absolute Gasteiger partial charge is 0.361 e. The van der Waals surface area contributed by atoms with Crippen LogP contribution in [0.4, 0.5) is 10.6 Å². The Labute approximate surface area is 185 Å². The fraction of sp³-hybridized carbons (Fsp3) is 0.611. The molecule has 2 amide bonds. The Bertz CT molecular complexity index is 777. The summed E-state index contributed by atoms with van der Waals surface area (Å²) < 4.78 is 7.72. The Kier molecular flexibility index (Phi) is 10.4. The van der Waals surface area contributed by atoms with Gasteiger partial charge in [-0.15, -0.1) is 24.8 Å². The zero-order valence-electron chi connectivity index (χ0n) is 17.2. The summed E-state index contributed by atoms with van der Waals surface area (Å²) in [5, 5.41) is 9.05. The Balaban J connectivity index is 0.00000210. The number of nitrogens with one attached hydrogen (secondary N) is 3. The molecule has 0 aromatic carbocycles. The van der Waals surface area contributed by atoms with Crippen LogP contribution in [0, 0.1) is 0 Å². The van der Waals surface area contributed by atoms with Gasteiger partial charge in [0, 0.05) is 26.9 Å². The summed E-state index contributed by atoms with van der Waals surface area (Å²) in [7, 11) is -1.08. The van der Waals surface area contributed by atoms with Crippen molar-refractivity contribution in [1.82, 2.24) is 25.2 Å². The molecule has 0 unspecified atom stereocenters. The number of hydrogen-bond donors (Lipinski definition) is 3. The molecular weight excluding hydrogens is 431 g/mol. The van der Waals surface area contributed by atoms with E-state index in [-0.39, 0.29) is 36.9 Å². The summed E-state index contributed by atoms with van der Waals surface area (Å²) >= 11 is 0. The minimum absolute atomic E-state index is 0. The van der Waals surface area contributed by atoms with Crippen molar-refractivity contribution in [3.63, 3.8) is 0 Å². The van der Waals surface area contributed by atoms with Gasteiger partial charge in [-0.3, -0.25) is 5.32 Å². The van der Waals surface area contributed by atoms with Gasteiger partial charge in [0.15, 0.2) is 11.5 Å². The first-order chi connectivity index (χ1) is 12.9. The first-order valence-electron chi connectivity index (χ1n) is 9.59. The molecule has 0 spiro atoms. The average Bonchev–Trinajstić information content (AvgIpc) is 3.01. The van der Waals surface area contributed by atoms with E-state index in [4.69, 9.17) is 4.74 Å². The van der Waals surface area contributed by atoms with Gasteiger partial charge >= 0.3 is 6.03 Å². The van der Waals surface area contributed by atoms with Crippen molar-refractivity contribution in [3.05, 3.63) is 18.5 Å². The van der Waals surface area contributed by atoms with E-state index in [9.17, 15) is 4.79 Å². The van der Waals surface area contributed by atoms with Gasteiger partial charge < -0.3 is 19.9 Å². The first kappa shape index (κ1) is 25.6. The SMILES string of the molecule is C[Si](C)(C)CCOCn1ccc2nc(NC(=O)NC3CCNCC3)cnc21.Cl.Cl. The number of fused-ring (bicyclic) bond motifs is 1. The topological polar surface area (TPSA) is 93.1 Å². The van der Waals surface area contributed by atoms with Crippen molar-refractivity contribution < 1.29 is 9.53 Å². The van der Waals surface area contributed by atoms with Crippen molar-refractivity contribution in [2.75, 3.05) is 25.0 Å². The normalized spacial score (nSPS) is 14.7. The molecule has 29 heavy (non-hydrogen) atoms. The number of aromatic nitrogens is 3. The molecule has 164 valence electrons. The van der Waals surface area contributed by atoms with Crippen LogP contribution in [0.1, 0.15) is 12.8 Å². The number of anilines is 1. The molecule has 0 saturated carbocycles. The monoisotopic (exact) mass is 462 g/mol. The van der Waals surface area contributed by atoms with Gasteiger partial charge in [0.1, 0.15) is 12.2 Å². The third-order valence-electron chi connectivity index (χ3n) is 4.61. The van der Waals surface area contributed by atoms with Crippen LogP contribution in [-0.2, 0) is 11.5 Å². The molecule has 11 heteroatoms. The van der Waals surface area contributed by atoms with E-state index >= 15 is 0 Å². The fourth-order valence-electron chi connectivity index (χ4n) is 2.97. The predicted octanol–water partition coefficient (Wildman–Crippen LogP) is 3.46. The van der Waals surface area contributed by atoms with Crippen molar-refractivity contribution in [2.45, 2.75) is 51.3 Å². The van der Waals surface area contributed by atoms with Crippen LogP contribution in [0.25, 0.3) is 11.2 Å². The van der Waals surface area contributed by atoms with Crippen LogP contribution in [0.2, 0.25) is 25.7 Å².